The van der Waals surface area contributed by atoms with Crippen molar-refractivity contribution in [3.63, 3.8) is 0 Å². The van der Waals surface area contributed by atoms with Crippen LogP contribution in [0.1, 0.15) is 12.0 Å². The molecule has 0 radical (unpaired) electrons. The van der Waals surface area contributed by atoms with E-state index in [0.717, 1.165) is 50.3 Å². The molecule has 0 bridgehead atoms. The van der Waals surface area contributed by atoms with Crippen LogP contribution in [0.3, 0.4) is 0 Å². The van der Waals surface area contributed by atoms with Crippen LogP contribution >= 0.6 is 0 Å². The molecule has 3 aromatic rings. The maximum absolute atomic E-state index is 11.3. The highest BCUT2D eigenvalue weighted by molar-refractivity contribution is 5.77. The maximum Gasteiger partial charge on any atom is 0.336 e. The van der Waals surface area contributed by atoms with E-state index in [2.05, 4.69) is 41.0 Å². The number of para-hydroxylation sites is 1. The second kappa shape index (κ2) is 8.48. The molecule has 4 rings (SSSR count). The smallest absolute Gasteiger partial charge is 0.336 e. The molecule has 0 atom stereocenters. The minimum Gasteiger partial charge on any atom is -0.493 e. The van der Waals surface area contributed by atoms with Crippen LogP contribution in [0.4, 0.5) is 5.69 Å². The van der Waals surface area contributed by atoms with Gasteiger partial charge in [-0.2, -0.15) is 0 Å². The van der Waals surface area contributed by atoms with Gasteiger partial charge in [-0.25, -0.2) is 4.79 Å². The summed E-state index contributed by atoms with van der Waals surface area (Å²) in [6.45, 7) is 8.15. The Labute approximate surface area is 165 Å². The zero-order valence-electron chi connectivity index (χ0n) is 16.3. The summed E-state index contributed by atoms with van der Waals surface area (Å²) in [6.07, 6.45) is 0.973. The lowest BCUT2D eigenvalue weighted by Gasteiger charge is -2.36. The quantitative estimate of drug-likeness (QED) is 0.484. The molecule has 5 nitrogen and oxygen atoms in total. The Kier molecular flexibility index (Phi) is 5.63. The molecule has 1 fully saturated rings. The Morgan fingerprint density at radius 2 is 1.79 bits per heavy atom. The normalized spacial score (nSPS) is 15.1. The molecule has 0 N–H and O–H groups in total. The van der Waals surface area contributed by atoms with E-state index < -0.39 is 0 Å². The van der Waals surface area contributed by atoms with E-state index in [0.29, 0.717) is 12.2 Å². The third kappa shape index (κ3) is 4.37. The Hall–Kier alpha value is -2.79. The van der Waals surface area contributed by atoms with Crippen LogP contribution in [0.2, 0.25) is 0 Å². The first-order chi connectivity index (χ1) is 13.7. The third-order valence-corrected chi connectivity index (χ3v) is 5.31. The molecule has 1 aromatic heterocycles. The van der Waals surface area contributed by atoms with Crippen molar-refractivity contribution in [2.75, 3.05) is 44.2 Å². The van der Waals surface area contributed by atoms with Crippen molar-refractivity contribution in [2.24, 2.45) is 0 Å². The van der Waals surface area contributed by atoms with Crippen molar-refractivity contribution in [1.29, 1.82) is 0 Å². The average molecular weight is 378 g/mol. The lowest BCUT2D eigenvalue weighted by Crippen LogP contribution is -2.47. The number of hydrogen-bond donors (Lipinski definition) is 0. The molecule has 2 aromatic carbocycles. The minimum absolute atomic E-state index is 0.338. The van der Waals surface area contributed by atoms with E-state index >= 15 is 0 Å². The van der Waals surface area contributed by atoms with Crippen LogP contribution in [0.15, 0.2) is 63.8 Å². The van der Waals surface area contributed by atoms with Gasteiger partial charge in [-0.3, -0.25) is 4.90 Å². The van der Waals surface area contributed by atoms with Gasteiger partial charge < -0.3 is 14.1 Å². The Bertz CT molecular complexity index is 990. The molecule has 0 saturated carbocycles. The van der Waals surface area contributed by atoms with Crippen LogP contribution in [-0.4, -0.2) is 44.2 Å². The Morgan fingerprint density at radius 1 is 1.00 bits per heavy atom. The summed E-state index contributed by atoms with van der Waals surface area (Å²) >= 11 is 0. The van der Waals surface area contributed by atoms with Gasteiger partial charge in [0.1, 0.15) is 11.3 Å². The molecule has 0 amide bonds. The van der Waals surface area contributed by atoms with Crippen molar-refractivity contribution in [1.82, 2.24) is 4.90 Å². The zero-order valence-corrected chi connectivity index (χ0v) is 16.3. The SMILES string of the molecule is Cc1ccccc1N1CCN(CCCOc2ccc3ccc(=O)oc3c2)CC1. The molecular weight excluding hydrogens is 352 g/mol. The van der Waals surface area contributed by atoms with Gasteiger partial charge in [0.2, 0.25) is 0 Å². The number of aryl methyl sites for hydroxylation is 1. The number of ether oxygens (including phenoxy) is 1. The van der Waals surface area contributed by atoms with Gasteiger partial charge in [-0.05, 0) is 43.2 Å². The van der Waals surface area contributed by atoms with Crippen LogP contribution in [-0.2, 0) is 0 Å². The van der Waals surface area contributed by atoms with Crippen LogP contribution < -0.4 is 15.3 Å². The first kappa shape index (κ1) is 18.6. The van der Waals surface area contributed by atoms with Gasteiger partial charge in [-0.1, -0.05) is 18.2 Å². The number of anilines is 1. The zero-order chi connectivity index (χ0) is 19.3. The summed E-state index contributed by atoms with van der Waals surface area (Å²) in [5.74, 6) is 0.742. The van der Waals surface area contributed by atoms with Gasteiger partial charge in [0.25, 0.3) is 0 Å². The molecule has 0 spiro atoms. The molecule has 0 unspecified atom stereocenters. The van der Waals surface area contributed by atoms with Crippen molar-refractivity contribution < 1.29 is 9.15 Å². The van der Waals surface area contributed by atoms with Crippen LogP contribution in [0.5, 0.6) is 5.75 Å². The maximum atomic E-state index is 11.3. The topological polar surface area (TPSA) is 45.9 Å². The summed E-state index contributed by atoms with van der Waals surface area (Å²) < 4.78 is 11.1. The number of piperazine rings is 1. The summed E-state index contributed by atoms with van der Waals surface area (Å²) in [5.41, 5.74) is 2.93. The first-order valence-corrected chi connectivity index (χ1v) is 9.89. The van der Waals surface area contributed by atoms with E-state index in [1.54, 1.807) is 12.1 Å². The number of hydrogen-bond acceptors (Lipinski definition) is 5. The van der Waals surface area contributed by atoms with Gasteiger partial charge in [0.05, 0.1) is 6.61 Å². The van der Waals surface area contributed by atoms with E-state index in [1.165, 1.54) is 17.3 Å². The second-order valence-electron chi connectivity index (χ2n) is 7.27. The highest BCUT2D eigenvalue weighted by Crippen LogP contribution is 2.21. The molecule has 1 saturated heterocycles. The van der Waals surface area contributed by atoms with Crippen molar-refractivity contribution in [3.05, 3.63) is 70.6 Å². The van der Waals surface area contributed by atoms with Crippen LogP contribution in [0.25, 0.3) is 11.0 Å². The summed E-state index contributed by atoms with van der Waals surface area (Å²) in [4.78, 5) is 16.3. The number of nitrogens with zero attached hydrogens (tertiary/aromatic N) is 2. The molecule has 1 aliphatic heterocycles. The number of fused-ring (bicyclic) bond motifs is 1. The molecule has 1 aliphatic rings. The number of benzene rings is 2. The largest absolute Gasteiger partial charge is 0.493 e. The van der Waals surface area contributed by atoms with E-state index in [9.17, 15) is 4.79 Å². The first-order valence-electron chi connectivity index (χ1n) is 9.89. The van der Waals surface area contributed by atoms with E-state index in [1.807, 2.05) is 12.1 Å². The molecule has 28 heavy (non-hydrogen) atoms. The number of rotatable bonds is 6. The second-order valence-corrected chi connectivity index (χ2v) is 7.27. The van der Waals surface area contributed by atoms with Crippen LogP contribution in [0, 0.1) is 6.92 Å². The van der Waals surface area contributed by atoms with Crippen molar-refractivity contribution in [2.45, 2.75) is 13.3 Å². The van der Waals surface area contributed by atoms with Gasteiger partial charge in [-0.15, -0.1) is 0 Å². The Morgan fingerprint density at radius 3 is 2.61 bits per heavy atom. The predicted octanol–water partition coefficient (Wildman–Crippen LogP) is 3.69. The Balaban J connectivity index is 1.22. The third-order valence-electron chi connectivity index (χ3n) is 5.31. The lowest BCUT2D eigenvalue weighted by molar-refractivity contribution is 0.224. The summed E-state index contributed by atoms with van der Waals surface area (Å²) in [6, 6.07) is 17.4. The minimum atomic E-state index is -0.338. The molecule has 146 valence electrons. The predicted molar refractivity (Wildman–Crippen MR) is 112 cm³/mol. The van der Waals surface area contributed by atoms with E-state index in [-0.39, 0.29) is 5.63 Å². The standard InChI is InChI=1S/C23H26N2O3/c1-18-5-2-3-6-21(18)25-14-12-24(13-15-25)11-4-16-27-20-9-7-19-8-10-23(26)28-22(19)17-20/h2-3,5-10,17H,4,11-16H2,1H3. The monoisotopic (exact) mass is 378 g/mol. The van der Waals surface area contributed by atoms with Gasteiger partial charge >= 0.3 is 5.63 Å². The summed E-state index contributed by atoms with van der Waals surface area (Å²) in [7, 11) is 0. The summed E-state index contributed by atoms with van der Waals surface area (Å²) in [5, 5.41) is 0.901. The molecule has 0 aliphatic carbocycles. The van der Waals surface area contributed by atoms with Crippen molar-refractivity contribution in [3.8, 4) is 5.75 Å². The van der Waals surface area contributed by atoms with Gasteiger partial charge in [0.15, 0.2) is 0 Å². The fourth-order valence-corrected chi connectivity index (χ4v) is 3.74. The average Bonchev–Trinajstić information content (AvgIpc) is 2.72. The fourth-order valence-electron chi connectivity index (χ4n) is 3.74. The lowest BCUT2D eigenvalue weighted by atomic mass is 10.1. The molecular formula is C23H26N2O3. The van der Waals surface area contributed by atoms with E-state index in [4.69, 9.17) is 9.15 Å². The van der Waals surface area contributed by atoms with Crippen molar-refractivity contribution >= 4 is 16.7 Å². The highest BCUT2D eigenvalue weighted by atomic mass is 16.5. The highest BCUT2D eigenvalue weighted by Gasteiger charge is 2.17. The fraction of sp³-hybridized carbons (Fsp3) is 0.348. The van der Waals surface area contributed by atoms with Gasteiger partial charge in [0, 0.05) is 55.9 Å². The molecule has 5 heteroatoms. The molecule has 2 heterocycles.